The van der Waals surface area contributed by atoms with Crippen LogP contribution in [-0.2, 0) is 4.74 Å². The van der Waals surface area contributed by atoms with Crippen LogP contribution in [0.15, 0.2) is 29.2 Å². The Hall–Kier alpha value is -1.20. The first kappa shape index (κ1) is 16.2. The Morgan fingerprint density at radius 1 is 1.38 bits per heavy atom. The fraction of sp³-hybridized carbons (Fsp3) is 0.562. The SMILES string of the molecule is CCSc1ccc(NC(=O)N(C)C[C@@H]2CCCCO2)cc1. The molecular formula is C16H24N2O2S. The normalized spacial score (nSPS) is 18.3. The number of hydrogen-bond donors (Lipinski definition) is 1. The second kappa shape index (κ2) is 8.29. The van der Waals surface area contributed by atoms with Gasteiger partial charge in [-0.25, -0.2) is 4.79 Å². The number of likely N-dealkylation sites (N-methyl/N-ethyl adjacent to an activating group) is 1. The molecule has 1 saturated heterocycles. The number of rotatable bonds is 5. The van der Waals surface area contributed by atoms with Gasteiger partial charge < -0.3 is 15.0 Å². The standard InChI is InChI=1S/C16H24N2O2S/c1-3-21-15-9-7-13(8-10-15)17-16(19)18(2)12-14-6-4-5-11-20-14/h7-10,14H,3-6,11-12H2,1-2H3,(H,17,19)/t14-/m0/s1. The Bertz CT molecular complexity index is 444. The molecule has 1 aromatic carbocycles. The van der Waals surface area contributed by atoms with Crippen molar-refractivity contribution in [2.45, 2.75) is 37.2 Å². The molecule has 2 amide bonds. The molecule has 0 bridgehead atoms. The summed E-state index contributed by atoms with van der Waals surface area (Å²) in [4.78, 5) is 15.1. The van der Waals surface area contributed by atoms with Crippen molar-refractivity contribution in [2.75, 3.05) is 31.3 Å². The molecule has 0 radical (unpaired) electrons. The lowest BCUT2D eigenvalue weighted by Gasteiger charge is -2.27. The van der Waals surface area contributed by atoms with E-state index in [0.717, 1.165) is 30.9 Å². The van der Waals surface area contributed by atoms with Gasteiger partial charge in [0.15, 0.2) is 0 Å². The summed E-state index contributed by atoms with van der Waals surface area (Å²) in [5, 5.41) is 2.92. The molecule has 2 rings (SSSR count). The van der Waals surface area contributed by atoms with Gasteiger partial charge >= 0.3 is 6.03 Å². The van der Waals surface area contributed by atoms with Crippen molar-refractivity contribution in [3.05, 3.63) is 24.3 Å². The summed E-state index contributed by atoms with van der Waals surface area (Å²) >= 11 is 1.79. The topological polar surface area (TPSA) is 41.6 Å². The van der Waals surface area contributed by atoms with Crippen LogP contribution in [0.2, 0.25) is 0 Å². The molecule has 116 valence electrons. The van der Waals surface area contributed by atoms with Gasteiger partial charge in [0.25, 0.3) is 0 Å². The molecule has 0 aliphatic carbocycles. The molecule has 1 aliphatic heterocycles. The zero-order valence-electron chi connectivity index (χ0n) is 12.8. The first-order valence-corrected chi connectivity index (χ1v) is 8.54. The van der Waals surface area contributed by atoms with Gasteiger partial charge in [-0.2, -0.15) is 0 Å². The third kappa shape index (κ3) is 5.25. The Morgan fingerprint density at radius 3 is 2.76 bits per heavy atom. The monoisotopic (exact) mass is 308 g/mol. The van der Waals surface area contributed by atoms with Crippen molar-refractivity contribution < 1.29 is 9.53 Å². The number of carbonyl (C=O) groups excluding carboxylic acids is 1. The van der Waals surface area contributed by atoms with Gasteiger partial charge in [0.2, 0.25) is 0 Å². The second-order valence-electron chi connectivity index (χ2n) is 5.26. The van der Waals surface area contributed by atoms with Crippen LogP contribution in [0.25, 0.3) is 0 Å². The minimum absolute atomic E-state index is 0.0833. The van der Waals surface area contributed by atoms with Crippen LogP contribution in [-0.4, -0.2) is 43.0 Å². The van der Waals surface area contributed by atoms with Crippen LogP contribution in [0.1, 0.15) is 26.2 Å². The van der Waals surface area contributed by atoms with E-state index in [9.17, 15) is 4.79 Å². The Labute approximate surface area is 131 Å². The minimum atomic E-state index is -0.0833. The van der Waals surface area contributed by atoms with Crippen LogP contribution in [0.3, 0.4) is 0 Å². The molecule has 0 saturated carbocycles. The Kier molecular flexibility index (Phi) is 6.39. The third-order valence-corrected chi connectivity index (χ3v) is 4.41. The van der Waals surface area contributed by atoms with Crippen LogP contribution in [0, 0.1) is 0 Å². The number of thioether (sulfide) groups is 1. The maximum Gasteiger partial charge on any atom is 0.321 e. The molecule has 0 aromatic heterocycles. The molecule has 5 heteroatoms. The lowest BCUT2D eigenvalue weighted by atomic mass is 10.1. The number of urea groups is 1. The zero-order chi connectivity index (χ0) is 15.1. The molecule has 1 aromatic rings. The van der Waals surface area contributed by atoms with Crippen molar-refractivity contribution in [3.8, 4) is 0 Å². The maximum absolute atomic E-state index is 12.2. The molecular weight excluding hydrogens is 284 g/mol. The van der Waals surface area contributed by atoms with Crippen molar-refractivity contribution in [1.29, 1.82) is 0 Å². The number of carbonyl (C=O) groups is 1. The number of nitrogens with zero attached hydrogens (tertiary/aromatic N) is 1. The van der Waals surface area contributed by atoms with Gasteiger partial charge in [-0.05, 0) is 49.3 Å². The number of benzene rings is 1. The van der Waals surface area contributed by atoms with Crippen LogP contribution in [0.4, 0.5) is 10.5 Å². The number of ether oxygens (including phenoxy) is 1. The summed E-state index contributed by atoms with van der Waals surface area (Å²) < 4.78 is 5.67. The lowest BCUT2D eigenvalue weighted by Crippen LogP contribution is -2.39. The van der Waals surface area contributed by atoms with Crippen LogP contribution in [0.5, 0.6) is 0 Å². The molecule has 1 N–H and O–H groups in total. The highest BCUT2D eigenvalue weighted by Gasteiger charge is 2.18. The van der Waals surface area contributed by atoms with E-state index in [4.69, 9.17) is 4.74 Å². The zero-order valence-corrected chi connectivity index (χ0v) is 13.6. The summed E-state index contributed by atoms with van der Waals surface area (Å²) in [6, 6.07) is 7.88. The first-order chi connectivity index (χ1) is 10.2. The number of nitrogens with one attached hydrogen (secondary N) is 1. The van der Waals surface area contributed by atoms with Crippen molar-refractivity contribution in [1.82, 2.24) is 4.90 Å². The van der Waals surface area contributed by atoms with Gasteiger partial charge in [-0.1, -0.05) is 6.92 Å². The molecule has 1 aliphatic rings. The fourth-order valence-electron chi connectivity index (χ4n) is 2.36. The van der Waals surface area contributed by atoms with Gasteiger partial charge in [0.1, 0.15) is 0 Å². The third-order valence-electron chi connectivity index (χ3n) is 3.51. The van der Waals surface area contributed by atoms with Crippen molar-refractivity contribution >= 4 is 23.5 Å². The van der Waals surface area contributed by atoms with Crippen LogP contribution >= 0.6 is 11.8 Å². The van der Waals surface area contributed by atoms with E-state index in [1.165, 1.54) is 11.3 Å². The summed E-state index contributed by atoms with van der Waals surface area (Å²) in [6.07, 6.45) is 3.55. The van der Waals surface area contributed by atoms with E-state index < -0.39 is 0 Å². The molecule has 21 heavy (non-hydrogen) atoms. The highest BCUT2D eigenvalue weighted by atomic mass is 32.2. The fourth-order valence-corrected chi connectivity index (χ4v) is 3.02. The van der Waals surface area contributed by atoms with Crippen molar-refractivity contribution in [3.63, 3.8) is 0 Å². The van der Waals surface area contributed by atoms with Gasteiger partial charge in [-0.15, -0.1) is 11.8 Å². The quantitative estimate of drug-likeness (QED) is 0.841. The van der Waals surface area contributed by atoms with Crippen LogP contribution < -0.4 is 5.32 Å². The number of anilines is 1. The summed E-state index contributed by atoms with van der Waals surface area (Å²) in [7, 11) is 1.81. The number of hydrogen-bond acceptors (Lipinski definition) is 3. The van der Waals surface area contributed by atoms with E-state index in [2.05, 4.69) is 12.2 Å². The van der Waals surface area contributed by atoms with Gasteiger partial charge in [0.05, 0.1) is 6.10 Å². The highest BCUT2D eigenvalue weighted by Crippen LogP contribution is 2.20. The number of amides is 2. The summed E-state index contributed by atoms with van der Waals surface area (Å²) in [5.41, 5.74) is 0.830. The van der Waals surface area contributed by atoms with E-state index in [1.54, 1.807) is 16.7 Å². The minimum Gasteiger partial charge on any atom is -0.376 e. The smallest absolute Gasteiger partial charge is 0.321 e. The van der Waals surface area contributed by atoms with Gasteiger partial charge in [-0.3, -0.25) is 0 Å². The van der Waals surface area contributed by atoms with E-state index in [0.29, 0.717) is 6.54 Å². The summed E-state index contributed by atoms with van der Waals surface area (Å²) in [5.74, 6) is 1.05. The largest absolute Gasteiger partial charge is 0.376 e. The molecule has 0 spiro atoms. The molecule has 1 fully saturated rings. The second-order valence-corrected chi connectivity index (χ2v) is 6.59. The average Bonchev–Trinajstić information content (AvgIpc) is 2.50. The Balaban J connectivity index is 1.81. The molecule has 4 nitrogen and oxygen atoms in total. The van der Waals surface area contributed by atoms with E-state index >= 15 is 0 Å². The molecule has 1 atom stereocenters. The highest BCUT2D eigenvalue weighted by molar-refractivity contribution is 7.99. The van der Waals surface area contributed by atoms with Crippen molar-refractivity contribution in [2.24, 2.45) is 0 Å². The molecule has 0 unspecified atom stereocenters. The Morgan fingerprint density at radius 2 is 2.14 bits per heavy atom. The molecule has 1 heterocycles. The van der Waals surface area contributed by atoms with E-state index in [1.807, 2.05) is 31.3 Å². The van der Waals surface area contributed by atoms with Gasteiger partial charge in [0, 0.05) is 30.8 Å². The predicted octanol–water partition coefficient (Wildman–Crippen LogP) is 3.83. The first-order valence-electron chi connectivity index (χ1n) is 7.55. The summed E-state index contributed by atoms with van der Waals surface area (Å²) in [6.45, 7) is 3.59. The lowest BCUT2D eigenvalue weighted by molar-refractivity contribution is 0.00463. The maximum atomic E-state index is 12.2. The average molecular weight is 308 g/mol. The predicted molar refractivity (Wildman–Crippen MR) is 88.1 cm³/mol. The van der Waals surface area contributed by atoms with E-state index in [-0.39, 0.29) is 12.1 Å².